The number of nitrogens with one attached hydrogen (secondary N) is 1. The van der Waals surface area contributed by atoms with Crippen molar-refractivity contribution in [1.82, 2.24) is 25.3 Å². The van der Waals surface area contributed by atoms with Crippen LogP contribution in [0.2, 0.25) is 0 Å². The lowest BCUT2D eigenvalue weighted by Gasteiger charge is -2.38. The van der Waals surface area contributed by atoms with E-state index in [1.165, 1.54) is 6.42 Å². The molecule has 0 radical (unpaired) electrons. The molecule has 1 N–H and O–H groups in total. The number of nitrogens with zero attached hydrogens (tertiary/aromatic N) is 4. The highest BCUT2D eigenvalue weighted by atomic mass is 35.5. The van der Waals surface area contributed by atoms with Crippen LogP contribution in [0, 0.1) is 0 Å². The first kappa shape index (κ1) is 23.6. The van der Waals surface area contributed by atoms with E-state index in [1.807, 2.05) is 35.2 Å². The van der Waals surface area contributed by atoms with Crippen molar-refractivity contribution in [3.63, 3.8) is 0 Å². The van der Waals surface area contributed by atoms with Gasteiger partial charge in [0.05, 0.1) is 12.1 Å². The lowest BCUT2D eigenvalue weighted by Crippen LogP contribution is -2.55. The zero-order valence-electron chi connectivity index (χ0n) is 16.6. The molecule has 29 heavy (non-hydrogen) atoms. The number of carbonyl (C=O) groups excluding carboxylic acids is 1. The second kappa shape index (κ2) is 10.9. The minimum atomic E-state index is 0. The minimum Gasteiger partial charge on any atom is -0.339 e. The molecule has 2 aliphatic rings. The topological polar surface area (TPSA) is 74.5 Å². The van der Waals surface area contributed by atoms with Gasteiger partial charge in [-0.25, -0.2) is 0 Å². The van der Waals surface area contributed by atoms with Gasteiger partial charge in [-0.1, -0.05) is 41.9 Å². The molecule has 2 aromatic rings. The van der Waals surface area contributed by atoms with E-state index in [0.717, 1.165) is 51.1 Å². The van der Waals surface area contributed by atoms with Gasteiger partial charge in [0.1, 0.15) is 0 Å². The van der Waals surface area contributed by atoms with Gasteiger partial charge in [-0.3, -0.25) is 9.69 Å². The number of hydrogen-bond donors (Lipinski definition) is 1. The van der Waals surface area contributed by atoms with Crippen LogP contribution < -0.4 is 5.32 Å². The average Bonchev–Trinajstić information content (AvgIpc) is 3.24. The summed E-state index contributed by atoms with van der Waals surface area (Å²) in [6.45, 7) is 6.18. The summed E-state index contributed by atoms with van der Waals surface area (Å²) < 4.78 is 5.51. The number of hydrogen-bond acceptors (Lipinski definition) is 6. The lowest BCUT2D eigenvalue weighted by atomic mass is 10.0. The first-order valence-corrected chi connectivity index (χ1v) is 9.87. The molecule has 4 rings (SSSR count). The molecule has 2 fully saturated rings. The van der Waals surface area contributed by atoms with Crippen molar-refractivity contribution in [2.24, 2.45) is 0 Å². The Labute approximate surface area is 184 Å². The van der Waals surface area contributed by atoms with Crippen molar-refractivity contribution in [3.05, 3.63) is 36.2 Å². The van der Waals surface area contributed by atoms with Gasteiger partial charge in [-0.15, -0.1) is 24.8 Å². The third kappa shape index (κ3) is 5.48. The molecule has 1 aromatic heterocycles. The van der Waals surface area contributed by atoms with E-state index in [4.69, 9.17) is 4.52 Å². The van der Waals surface area contributed by atoms with Crippen LogP contribution in [0.3, 0.4) is 0 Å². The van der Waals surface area contributed by atoms with Crippen molar-refractivity contribution in [1.29, 1.82) is 0 Å². The summed E-state index contributed by atoms with van der Waals surface area (Å²) in [4.78, 5) is 21.5. The Morgan fingerprint density at radius 3 is 2.52 bits per heavy atom. The maximum absolute atomic E-state index is 12.7. The third-order valence-electron chi connectivity index (χ3n) is 5.61. The molecule has 0 spiro atoms. The number of aromatic nitrogens is 2. The van der Waals surface area contributed by atoms with E-state index in [9.17, 15) is 4.79 Å². The smallest absolute Gasteiger partial charge is 0.244 e. The quantitative estimate of drug-likeness (QED) is 0.785. The zero-order valence-corrected chi connectivity index (χ0v) is 18.3. The van der Waals surface area contributed by atoms with Gasteiger partial charge in [0.25, 0.3) is 0 Å². The summed E-state index contributed by atoms with van der Waals surface area (Å²) in [6.07, 6.45) is 3.27. The largest absolute Gasteiger partial charge is 0.339 e. The number of rotatable bonds is 4. The Morgan fingerprint density at radius 1 is 1.14 bits per heavy atom. The summed E-state index contributed by atoms with van der Waals surface area (Å²) in [5.74, 6) is 1.50. The molecular formula is C20H29Cl2N5O2. The highest BCUT2D eigenvalue weighted by Gasteiger charge is 2.31. The van der Waals surface area contributed by atoms with Gasteiger partial charge in [0, 0.05) is 31.7 Å². The molecule has 0 bridgehead atoms. The van der Waals surface area contributed by atoms with Crippen LogP contribution in [0.1, 0.15) is 38.1 Å². The van der Waals surface area contributed by atoms with Crippen LogP contribution in [0.5, 0.6) is 0 Å². The lowest BCUT2D eigenvalue weighted by molar-refractivity contribution is -0.136. The van der Waals surface area contributed by atoms with E-state index < -0.39 is 0 Å². The number of carbonyl (C=O) groups is 1. The highest BCUT2D eigenvalue weighted by molar-refractivity contribution is 5.85. The molecule has 160 valence electrons. The molecule has 0 saturated carbocycles. The van der Waals surface area contributed by atoms with Gasteiger partial charge >= 0.3 is 0 Å². The molecule has 2 unspecified atom stereocenters. The summed E-state index contributed by atoms with van der Waals surface area (Å²) in [5, 5.41) is 7.48. The van der Waals surface area contributed by atoms with E-state index in [-0.39, 0.29) is 42.8 Å². The Balaban J connectivity index is 0.00000150. The van der Waals surface area contributed by atoms with Crippen LogP contribution in [0.4, 0.5) is 0 Å². The molecular weight excluding hydrogens is 413 g/mol. The predicted octanol–water partition coefficient (Wildman–Crippen LogP) is 2.93. The zero-order chi connectivity index (χ0) is 18.6. The van der Waals surface area contributed by atoms with Crippen molar-refractivity contribution < 1.29 is 9.32 Å². The van der Waals surface area contributed by atoms with Crippen molar-refractivity contribution in [3.8, 4) is 11.4 Å². The summed E-state index contributed by atoms with van der Waals surface area (Å²) >= 11 is 0. The fraction of sp³-hybridized carbons (Fsp3) is 0.550. The van der Waals surface area contributed by atoms with E-state index >= 15 is 0 Å². The van der Waals surface area contributed by atoms with Gasteiger partial charge in [-0.2, -0.15) is 4.98 Å². The standard InChI is InChI=1S/C20H27N5O2.2ClH/c1-15(19-22-18(23-27-19)16-7-3-2-4-8-16)24-11-13-25(14-12-24)20(26)17-9-5-6-10-21-17;;/h2-4,7-8,15,17,21H,5-6,9-14H2,1H3;2*1H. The van der Waals surface area contributed by atoms with Gasteiger partial charge in [-0.05, 0) is 26.3 Å². The number of amides is 1. The SMILES string of the molecule is CC(c1nc(-c2ccccc2)no1)N1CCN(C(=O)C2CCCCN2)CC1.Cl.Cl. The van der Waals surface area contributed by atoms with Crippen LogP contribution >= 0.6 is 24.8 Å². The van der Waals surface area contributed by atoms with Crippen molar-refractivity contribution in [2.45, 2.75) is 38.3 Å². The number of piperidine rings is 1. The van der Waals surface area contributed by atoms with Crippen LogP contribution in [-0.2, 0) is 4.79 Å². The molecule has 7 nitrogen and oxygen atoms in total. The highest BCUT2D eigenvalue weighted by Crippen LogP contribution is 2.23. The van der Waals surface area contributed by atoms with Crippen molar-refractivity contribution in [2.75, 3.05) is 32.7 Å². The van der Waals surface area contributed by atoms with E-state index in [1.54, 1.807) is 0 Å². The maximum Gasteiger partial charge on any atom is 0.244 e. The molecule has 3 heterocycles. The molecule has 1 amide bonds. The normalized spacial score (nSPS) is 21.0. The number of piperazine rings is 1. The first-order chi connectivity index (χ1) is 13.2. The Hall–Kier alpha value is -1.67. The minimum absolute atomic E-state index is 0. The Bertz CT molecular complexity index is 759. The predicted molar refractivity (Wildman–Crippen MR) is 116 cm³/mol. The van der Waals surface area contributed by atoms with Gasteiger partial charge in [0.2, 0.25) is 17.6 Å². The second-order valence-electron chi connectivity index (χ2n) is 7.36. The summed E-state index contributed by atoms with van der Waals surface area (Å²) in [5.41, 5.74) is 0.954. The number of benzene rings is 1. The molecule has 0 aliphatic carbocycles. The summed E-state index contributed by atoms with van der Waals surface area (Å²) in [6, 6.07) is 9.90. The monoisotopic (exact) mass is 441 g/mol. The van der Waals surface area contributed by atoms with Crippen LogP contribution in [0.25, 0.3) is 11.4 Å². The fourth-order valence-corrected chi connectivity index (χ4v) is 3.88. The Kier molecular flexibility index (Phi) is 8.89. The fourth-order valence-electron chi connectivity index (χ4n) is 3.88. The molecule has 1 aromatic carbocycles. The molecule has 9 heteroatoms. The third-order valence-corrected chi connectivity index (χ3v) is 5.61. The Morgan fingerprint density at radius 2 is 1.86 bits per heavy atom. The molecule has 2 aliphatic heterocycles. The molecule has 2 atom stereocenters. The van der Waals surface area contributed by atoms with E-state index in [2.05, 4.69) is 27.3 Å². The first-order valence-electron chi connectivity index (χ1n) is 9.87. The van der Waals surface area contributed by atoms with Gasteiger partial charge < -0.3 is 14.7 Å². The van der Waals surface area contributed by atoms with Crippen molar-refractivity contribution >= 4 is 30.7 Å². The number of halogens is 2. The van der Waals surface area contributed by atoms with Crippen LogP contribution in [-0.4, -0.2) is 64.6 Å². The maximum atomic E-state index is 12.7. The van der Waals surface area contributed by atoms with Crippen LogP contribution in [0.15, 0.2) is 34.9 Å². The van der Waals surface area contributed by atoms with E-state index in [0.29, 0.717) is 11.7 Å². The van der Waals surface area contributed by atoms with Gasteiger partial charge in [0.15, 0.2) is 0 Å². The summed E-state index contributed by atoms with van der Waals surface area (Å²) in [7, 11) is 0. The second-order valence-corrected chi connectivity index (χ2v) is 7.36. The average molecular weight is 442 g/mol. The molecule has 2 saturated heterocycles.